The molecule has 2 aromatic carbocycles. The molecule has 3 aromatic rings. The van der Waals surface area contributed by atoms with Crippen molar-refractivity contribution >= 4 is 30.4 Å². The minimum absolute atomic E-state index is 0.0553. The van der Waals surface area contributed by atoms with Crippen LogP contribution in [0.2, 0.25) is 5.02 Å². The van der Waals surface area contributed by atoms with E-state index in [4.69, 9.17) is 21.9 Å². The minimum atomic E-state index is -4.88. The molecule has 0 aliphatic carbocycles. The largest absolute Gasteiger partial charge is 0.507 e. The van der Waals surface area contributed by atoms with Gasteiger partial charge < -0.3 is 29.3 Å². The number of benzene rings is 2. The van der Waals surface area contributed by atoms with Gasteiger partial charge in [0.2, 0.25) is 0 Å². The SMILES string of the molecule is [2H]c1c(-c2ccccc2Cl)oc2c([C@H]3CCN(C)C[C@H]3OP(=O)(O)O)c(O)cc(O)c2c1=O. The highest BCUT2D eigenvalue weighted by Gasteiger charge is 2.38. The van der Waals surface area contributed by atoms with E-state index in [1.807, 2.05) is 4.90 Å². The lowest BCUT2D eigenvalue weighted by Crippen LogP contribution is -2.41. The van der Waals surface area contributed by atoms with Gasteiger partial charge in [0.1, 0.15) is 28.2 Å². The molecule has 4 N–H and O–H groups in total. The molecule has 0 saturated carbocycles. The van der Waals surface area contributed by atoms with Gasteiger partial charge in [-0.25, -0.2) is 4.57 Å². The molecular formula is C21H21ClNO8P. The normalized spacial score (nSPS) is 20.4. The lowest BCUT2D eigenvalue weighted by atomic mass is 9.85. The number of phosphoric ester groups is 1. The molecular weight excluding hydrogens is 461 g/mol. The summed E-state index contributed by atoms with van der Waals surface area (Å²) >= 11 is 6.24. The number of rotatable bonds is 4. The molecule has 1 aliphatic heterocycles. The molecule has 1 fully saturated rings. The summed E-state index contributed by atoms with van der Waals surface area (Å²) in [4.78, 5) is 33.7. The van der Waals surface area contributed by atoms with Crippen LogP contribution in [0.1, 0.15) is 19.3 Å². The summed E-state index contributed by atoms with van der Waals surface area (Å²) in [5.41, 5.74) is -0.717. The lowest BCUT2D eigenvalue weighted by molar-refractivity contribution is 0.0544. The predicted molar refractivity (Wildman–Crippen MR) is 118 cm³/mol. The van der Waals surface area contributed by atoms with E-state index in [0.717, 1.165) is 6.07 Å². The van der Waals surface area contributed by atoms with E-state index in [2.05, 4.69) is 0 Å². The Hall–Kier alpha value is -2.39. The highest BCUT2D eigenvalue weighted by atomic mass is 35.5. The van der Waals surface area contributed by atoms with E-state index >= 15 is 0 Å². The number of phenolic OH excluding ortho intramolecular Hbond substituents is 2. The van der Waals surface area contributed by atoms with Gasteiger partial charge in [-0.2, -0.15) is 0 Å². The molecule has 0 bridgehead atoms. The van der Waals surface area contributed by atoms with E-state index in [-0.39, 0.29) is 39.4 Å². The summed E-state index contributed by atoms with van der Waals surface area (Å²) in [5, 5.41) is 21.0. The number of aromatic hydroxyl groups is 2. The van der Waals surface area contributed by atoms with Crippen molar-refractivity contribution in [3.63, 3.8) is 0 Å². The molecule has 32 heavy (non-hydrogen) atoms. The second-order valence-corrected chi connectivity index (χ2v) is 9.29. The van der Waals surface area contributed by atoms with E-state index in [9.17, 15) is 29.4 Å². The molecule has 1 aliphatic rings. The minimum Gasteiger partial charge on any atom is -0.507 e. The number of phosphoric acid groups is 1. The maximum absolute atomic E-state index is 13.1. The Morgan fingerprint density at radius 1 is 1.28 bits per heavy atom. The molecule has 1 aromatic heterocycles. The van der Waals surface area contributed by atoms with Crippen molar-refractivity contribution in [1.29, 1.82) is 0 Å². The fourth-order valence-electron chi connectivity index (χ4n) is 4.08. The van der Waals surface area contributed by atoms with Crippen LogP contribution in [-0.4, -0.2) is 51.1 Å². The first-order chi connectivity index (χ1) is 15.5. The van der Waals surface area contributed by atoms with E-state index < -0.39 is 42.8 Å². The number of nitrogens with zero attached hydrogens (tertiary/aromatic N) is 1. The maximum atomic E-state index is 13.1. The Labute approximate surface area is 189 Å². The maximum Gasteiger partial charge on any atom is 0.469 e. The third-order valence-corrected chi connectivity index (χ3v) is 6.33. The van der Waals surface area contributed by atoms with Crippen molar-refractivity contribution < 1.29 is 34.9 Å². The monoisotopic (exact) mass is 482 g/mol. The first-order valence-electron chi connectivity index (χ1n) is 10.2. The number of hydrogen-bond acceptors (Lipinski definition) is 7. The molecule has 2 heterocycles. The average Bonchev–Trinajstić information content (AvgIpc) is 2.71. The summed E-state index contributed by atoms with van der Waals surface area (Å²) in [6.07, 6.45) is -0.740. The van der Waals surface area contributed by atoms with Crippen molar-refractivity contribution in [2.45, 2.75) is 18.4 Å². The molecule has 0 amide bonds. The predicted octanol–water partition coefficient (Wildman–Crippen LogP) is 3.42. The lowest BCUT2D eigenvalue weighted by Gasteiger charge is -2.36. The third-order valence-electron chi connectivity index (χ3n) is 5.46. The van der Waals surface area contributed by atoms with Crippen LogP contribution >= 0.6 is 19.4 Å². The Morgan fingerprint density at radius 3 is 2.69 bits per heavy atom. The second-order valence-electron chi connectivity index (χ2n) is 7.69. The number of piperidine rings is 1. The van der Waals surface area contributed by atoms with E-state index in [1.54, 1.807) is 31.3 Å². The molecule has 4 rings (SSSR count). The van der Waals surface area contributed by atoms with Crippen molar-refractivity contribution in [2.75, 3.05) is 20.1 Å². The Kier molecular flexibility index (Phi) is 5.71. The van der Waals surface area contributed by atoms with Crippen LogP contribution < -0.4 is 5.43 Å². The van der Waals surface area contributed by atoms with Crippen LogP contribution in [0.15, 0.2) is 45.6 Å². The zero-order valence-electron chi connectivity index (χ0n) is 17.9. The molecule has 2 atom stereocenters. The first kappa shape index (κ1) is 21.5. The van der Waals surface area contributed by atoms with Crippen LogP contribution in [0, 0.1) is 0 Å². The Morgan fingerprint density at radius 2 is 2.00 bits per heavy atom. The molecule has 11 heteroatoms. The smallest absolute Gasteiger partial charge is 0.469 e. The fourth-order valence-corrected chi connectivity index (χ4v) is 4.86. The summed E-state index contributed by atoms with van der Waals surface area (Å²) in [6.45, 7) is 0.640. The Bertz CT molecular complexity index is 1340. The van der Waals surface area contributed by atoms with Gasteiger partial charge in [0, 0.05) is 35.7 Å². The molecule has 0 radical (unpaired) electrons. The summed E-state index contributed by atoms with van der Waals surface area (Å²) < 4.78 is 30.8. The summed E-state index contributed by atoms with van der Waals surface area (Å²) in [5.74, 6) is -1.96. The number of likely N-dealkylation sites (N-methyl/N-ethyl adjacent to an activating group) is 1. The van der Waals surface area contributed by atoms with Crippen molar-refractivity contribution in [3.05, 3.63) is 57.2 Å². The number of fused-ring (bicyclic) bond motifs is 1. The van der Waals surface area contributed by atoms with Gasteiger partial charge in [-0.3, -0.25) is 9.32 Å². The van der Waals surface area contributed by atoms with Gasteiger partial charge in [0.25, 0.3) is 0 Å². The second kappa shape index (κ2) is 8.51. The summed E-state index contributed by atoms with van der Waals surface area (Å²) in [6, 6.07) is 6.85. The Balaban J connectivity index is 2.01. The molecule has 0 spiro atoms. The average molecular weight is 483 g/mol. The quantitative estimate of drug-likeness (QED) is 0.411. The van der Waals surface area contributed by atoms with Crippen LogP contribution in [0.5, 0.6) is 11.5 Å². The molecule has 0 unspecified atom stereocenters. The van der Waals surface area contributed by atoms with Crippen molar-refractivity contribution in [3.8, 4) is 22.8 Å². The highest BCUT2D eigenvalue weighted by molar-refractivity contribution is 7.46. The van der Waals surface area contributed by atoms with Gasteiger partial charge in [0.05, 0.1) is 12.5 Å². The number of likely N-dealkylation sites (tertiary alicyclic amines) is 1. The van der Waals surface area contributed by atoms with Crippen LogP contribution in [0.4, 0.5) is 0 Å². The van der Waals surface area contributed by atoms with Gasteiger partial charge in [-0.05, 0) is 32.1 Å². The van der Waals surface area contributed by atoms with Gasteiger partial charge in [-0.1, -0.05) is 23.7 Å². The number of hydrogen-bond donors (Lipinski definition) is 4. The number of halogens is 1. The standard InChI is InChI=1S/C21H21ClNO8P/c1-23-7-6-12(18(10-23)31-32(27,28)29)19-14(24)8-15(25)20-16(26)9-17(30-21(19)20)11-4-2-3-5-13(11)22/h2-5,8-9,12,18,24-25H,6-7,10H2,1H3,(H2,27,28,29)/t12-,18+/m0/s1/i9D. The van der Waals surface area contributed by atoms with Crippen molar-refractivity contribution in [1.82, 2.24) is 4.90 Å². The molecule has 170 valence electrons. The van der Waals surface area contributed by atoms with Gasteiger partial charge in [-0.15, -0.1) is 0 Å². The first-order valence-corrected chi connectivity index (χ1v) is 11.6. The molecule has 1 saturated heterocycles. The van der Waals surface area contributed by atoms with Crippen LogP contribution in [-0.2, 0) is 9.09 Å². The van der Waals surface area contributed by atoms with Crippen LogP contribution in [0.25, 0.3) is 22.3 Å². The van der Waals surface area contributed by atoms with E-state index in [1.165, 1.54) is 0 Å². The molecule has 9 nitrogen and oxygen atoms in total. The zero-order chi connectivity index (χ0) is 24.1. The summed E-state index contributed by atoms with van der Waals surface area (Å²) in [7, 11) is -3.13. The highest BCUT2D eigenvalue weighted by Crippen LogP contribution is 2.47. The van der Waals surface area contributed by atoms with Crippen LogP contribution in [0.3, 0.4) is 0 Å². The van der Waals surface area contributed by atoms with Gasteiger partial charge >= 0.3 is 7.82 Å². The zero-order valence-corrected chi connectivity index (χ0v) is 18.5. The number of phenols is 2. The third kappa shape index (κ3) is 4.41. The topological polar surface area (TPSA) is 141 Å². The van der Waals surface area contributed by atoms with E-state index in [0.29, 0.717) is 13.0 Å². The van der Waals surface area contributed by atoms with Crippen molar-refractivity contribution in [2.24, 2.45) is 0 Å². The fraction of sp³-hybridized carbons (Fsp3) is 0.286. The van der Waals surface area contributed by atoms with Gasteiger partial charge in [0.15, 0.2) is 5.43 Å².